The van der Waals surface area contributed by atoms with E-state index in [1.807, 2.05) is 0 Å². The van der Waals surface area contributed by atoms with E-state index >= 15 is 0 Å². The van der Waals surface area contributed by atoms with Gasteiger partial charge in [-0.05, 0) is 5.41 Å². The van der Waals surface area contributed by atoms with Crippen molar-refractivity contribution >= 4 is 42.2 Å². The maximum absolute atomic E-state index is 8.38. The average molecular weight is 188 g/mol. The van der Waals surface area contributed by atoms with Gasteiger partial charge in [-0.25, -0.2) is 0 Å². The number of hydrogen-bond acceptors (Lipinski definition) is 5. The molecule has 0 unspecified atom stereocenters. The molecule has 0 saturated heterocycles. The summed E-state index contributed by atoms with van der Waals surface area (Å²) in [7, 11) is 0. The summed E-state index contributed by atoms with van der Waals surface area (Å²) in [5, 5.41) is 26.3. The zero-order valence-corrected chi connectivity index (χ0v) is 6.36. The van der Waals surface area contributed by atoms with Gasteiger partial charge in [0, 0.05) is 6.20 Å². The van der Waals surface area contributed by atoms with E-state index in [1.54, 1.807) is 18.3 Å². The zero-order valence-electron chi connectivity index (χ0n) is 5.47. The fourth-order valence-electron chi connectivity index (χ4n) is 0.402. The first-order valence-corrected chi connectivity index (χ1v) is 3.10. The molecule has 0 aromatic heterocycles. The second-order valence-electron chi connectivity index (χ2n) is 1.47. The molecular weight excluding hydrogens is 183 g/mol. The molecule has 4 nitrogen and oxygen atoms in total. The summed E-state index contributed by atoms with van der Waals surface area (Å²) < 4.78 is 0. The predicted molar refractivity (Wildman–Crippen MR) is 47.7 cm³/mol. The number of thiol groups is 1. The predicted octanol–water partition coefficient (Wildman–Crippen LogP) is -0.0623. The Labute approximate surface area is 98.4 Å². The van der Waals surface area contributed by atoms with Crippen LogP contribution in [0, 0.1) is 34.1 Å². The third kappa shape index (κ3) is 4.28. The Kier molecular flexibility index (Phi) is 9.81. The van der Waals surface area contributed by atoms with Crippen molar-refractivity contribution in [2.24, 2.45) is 0 Å². The van der Waals surface area contributed by atoms with Gasteiger partial charge in [0.2, 0.25) is 6.04 Å². The van der Waals surface area contributed by atoms with Gasteiger partial charge in [0.25, 0.3) is 0 Å². The van der Waals surface area contributed by atoms with Gasteiger partial charge in [-0.1, -0.05) is 0 Å². The van der Waals surface area contributed by atoms with Crippen molar-refractivity contribution in [2.45, 2.75) is 6.04 Å². The first-order valence-electron chi connectivity index (χ1n) is 2.58. The minimum absolute atomic E-state index is 0. The van der Waals surface area contributed by atoms with Crippen LogP contribution in [0.4, 0.5) is 0 Å². The van der Waals surface area contributed by atoms with Crippen LogP contribution in [0.3, 0.4) is 0 Å². The van der Waals surface area contributed by atoms with Crippen LogP contribution in [0.25, 0.3) is 0 Å². The van der Waals surface area contributed by atoms with Crippen LogP contribution in [0.1, 0.15) is 0 Å². The van der Waals surface area contributed by atoms with Crippen molar-refractivity contribution in [2.75, 3.05) is 0 Å². The van der Waals surface area contributed by atoms with Crippen LogP contribution in [-0.2, 0) is 0 Å². The minimum atomic E-state index is -1.07. The van der Waals surface area contributed by atoms with E-state index in [2.05, 4.69) is 12.6 Å². The van der Waals surface area contributed by atoms with Crippen LogP contribution in [-0.4, -0.2) is 40.5 Å². The van der Waals surface area contributed by atoms with Crippen LogP contribution in [0.2, 0.25) is 0 Å². The standard InChI is InChI=1S/C6H4N4S.Na.H/c7-3-6(4-8)10(5-9)1-2-11;;/h1-2,6,11H;;. The molecule has 0 heterocycles. The van der Waals surface area contributed by atoms with Gasteiger partial charge in [-0.3, -0.25) is 4.90 Å². The van der Waals surface area contributed by atoms with Crippen molar-refractivity contribution in [1.29, 1.82) is 15.8 Å². The molecule has 0 amide bonds. The van der Waals surface area contributed by atoms with Gasteiger partial charge in [-0.15, -0.1) is 12.6 Å². The molecule has 0 fully saturated rings. The van der Waals surface area contributed by atoms with E-state index in [0.29, 0.717) is 0 Å². The van der Waals surface area contributed by atoms with Crippen LogP contribution in [0.15, 0.2) is 11.6 Å². The number of nitriles is 3. The van der Waals surface area contributed by atoms with Gasteiger partial charge < -0.3 is 0 Å². The molecule has 0 aliphatic carbocycles. The Balaban J connectivity index is 0. The molecule has 0 rings (SSSR count). The summed E-state index contributed by atoms with van der Waals surface area (Å²) >= 11 is 3.69. The Morgan fingerprint density at radius 1 is 1.25 bits per heavy atom. The van der Waals surface area contributed by atoms with E-state index in [9.17, 15) is 0 Å². The third-order valence-electron chi connectivity index (χ3n) is 0.865. The zero-order chi connectivity index (χ0) is 8.69. The summed E-state index contributed by atoms with van der Waals surface area (Å²) in [6.07, 6.45) is 2.91. The van der Waals surface area contributed by atoms with Crippen molar-refractivity contribution in [3.8, 4) is 18.3 Å². The summed E-state index contributed by atoms with van der Waals surface area (Å²) in [5.41, 5.74) is 0. The van der Waals surface area contributed by atoms with Crippen molar-refractivity contribution in [3.05, 3.63) is 11.6 Å². The maximum atomic E-state index is 8.38. The fraction of sp³-hybridized carbons (Fsp3) is 0.167. The molecule has 0 bridgehead atoms. The normalized spacial score (nSPS) is 7.92. The summed E-state index contributed by atoms with van der Waals surface area (Å²) in [5.74, 6) is 0. The Morgan fingerprint density at radius 2 is 1.75 bits per heavy atom. The van der Waals surface area contributed by atoms with Gasteiger partial charge in [0.1, 0.15) is 12.1 Å². The molecule has 6 heteroatoms. The van der Waals surface area contributed by atoms with E-state index in [1.165, 1.54) is 11.6 Å². The molecular formula is C6H5N4NaS. The molecule has 12 heavy (non-hydrogen) atoms. The molecule has 0 N–H and O–H groups in total. The SMILES string of the molecule is N#CC(C#N)N(C#N)C=CS.[NaH]. The summed E-state index contributed by atoms with van der Waals surface area (Å²) in [6.45, 7) is 0. The Bertz CT molecular complexity index is 255. The van der Waals surface area contributed by atoms with Gasteiger partial charge in [0.05, 0.1) is 0 Å². The average Bonchev–Trinajstić information content (AvgIpc) is 2.05. The topological polar surface area (TPSA) is 74.6 Å². The van der Waals surface area contributed by atoms with Crippen LogP contribution < -0.4 is 0 Å². The second kappa shape index (κ2) is 8.46. The van der Waals surface area contributed by atoms with Gasteiger partial charge in [0.15, 0.2) is 6.19 Å². The number of nitrogens with zero attached hydrogens (tertiary/aromatic N) is 4. The molecule has 0 aromatic carbocycles. The molecule has 0 aliphatic rings. The summed E-state index contributed by atoms with van der Waals surface area (Å²) in [4.78, 5) is 0.910. The quantitative estimate of drug-likeness (QED) is 0.285. The van der Waals surface area contributed by atoms with E-state index in [-0.39, 0.29) is 29.6 Å². The first kappa shape index (κ1) is 13.9. The second-order valence-corrected chi connectivity index (χ2v) is 1.76. The van der Waals surface area contributed by atoms with Crippen LogP contribution >= 0.6 is 12.6 Å². The first-order chi connectivity index (χ1) is 5.29. The van der Waals surface area contributed by atoms with E-state index in [0.717, 1.165) is 4.90 Å². The molecule has 56 valence electrons. The van der Waals surface area contributed by atoms with Crippen molar-refractivity contribution < 1.29 is 0 Å². The van der Waals surface area contributed by atoms with E-state index < -0.39 is 6.04 Å². The molecule has 0 aromatic rings. The molecule has 0 aliphatic heterocycles. The van der Waals surface area contributed by atoms with Crippen molar-refractivity contribution in [1.82, 2.24) is 4.90 Å². The van der Waals surface area contributed by atoms with Gasteiger partial charge >= 0.3 is 29.6 Å². The molecule has 0 spiro atoms. The Morgan fingerprint density at radius 3 is 2.00 bits per heavy atom. The Hall–Kier alpha value is -0.640. The van der Waals surface area contributed by atoms with Gasteiger partial charge in [-0.2, -0.15) is 15.8 Å². The van der Waals surface area contributed by atoms with Crippen molar-refractivity contribution in [3.63, 3.8) is 0 Å². The molecule has 0 radical (unpaired) electrons. The fourth-order valence-corrected chi connectivity index (χ4v) is 0.546. The van der Waals surface area contributed by atoms with Crippen LogP contribution in [0.5, 0.6) is 0 Å². The summed E-state index contributed by atoms with van der Waals surface area (Å²) in [6, 6.07) is 2.22. The third-order valence-corrected chi connectivity index (χ3v) is 0.999. The monoisotopic (exact) mass is 188 g/mol. The number of rotatable bonds is 2. The molecule has 0 atom stereocenters. The number of hydrogen-bond donors (Lipinski definition) is 1. The van der Waals surface area contributed by atoms with E-state index in [4.69, 9.17) is 15.8 Å². The molecule has 0 saturated carbocycles.